The van der Waals surface area contributed by atoms with Gasteiger partial charge in [-0.3, -0.25) is 4.79 Å². The van der Waals surface area contributed by atoms with Gasteiger partial charge < -0.3 is 4.74 Å². The van der Waals surface area contributed by atoms with Gasteiger partial charge in [-0.15, -0.1) is 11.8 Å². The van der Waals surface area contributed by atoms with Crippen LogP contribution in [0.3, 0.4) is 0 Å². The van der Waals surface area contributed by atoms with Crippen molar-refractivity contribution in [1.29, 1.82) is 0 Å². The average molecular weight is 387 g/mol. The fourth-order valence-corrected chi connectivity index (χ4v) is 3.67. The van der Waals surface area contributed by atoms with Crippen molar-refractivity contribution in [2.24, 2.45) is 5.10 Å². The molecule has 1 N–H and O–H groups in total. The Hall–Kier alpha value is -1.92. The van der Waals surface area contributed by atoms with Crippen LogP contribution in [0, 0.1) is 6.92 Å². The highest BCUT2D eigenvalue weighted by atomic mass is 32.2. The fourth-order valence-electron chi connectivity index (χ4n) is 2.24. The summed E-state index contributed by atoms with van der Waals surface area (Å²) in [5, 5.41) is 3.84. The monoisotopic (exact) mass is 386 g/mol. The van der Waals surface area contributed by atoms with Crippen molar-refractivity contribution in [2.45, 2.75) is 30.1 Å². The lowest BCUT2D eigenvalue weighted by Crippen LogP contribution is -2.30. The number of carbonyl (C=O) groups is 1. The Morgan fingerprint density at radius 1 is 1.23 bits per heavy atom. The maximum atomic E-state index is 12.2. The van der Waals surface area contributed by atoms with Crippen molar-refractivity contribution < 1.29 is 9.53 Å². The molecule has 0 aliphatic carbocycles. The van der Waals surface area contributed by atoms with Gasteiger partial charge in [0.15, 0.2) is 0 Å². The first-order chi connectivity index (χ1) is 12.6. The smallest absolute Gasteiger partial charge is 0.253 e. The summed E-state index contributed by atoms with van der Waals surface area (Å²) in [4.78, 5) is 13.2. The van der Waals surface area contributed by atoms with E-state index >= 15 is 0 Å². The summed E-state index contributed by atoms with van der Waals surface area (Å²) in [6, 6.07) is 15.9. The van der Waals surface area contributed by atoms with E-state index in [9.17, 15) is 4.79 Å². The molecule has 3 rings (SSSR count). The second kappa shape index (κ2) is 9.14. The summed E-state index contributed by atoms with van der Waals surface area (Å²) in [6.07, 6.45) is 1.98. The molecule has 1 aliphatic rings. The van der Waals surface area contributed by atoms with Crippen molar-refractivity contribution in [3.8, 4) is 5.75 Å². The molecule has 1 atom stereocenters. The van der Waals surface area contributed by atoms with Crippen LogP contribution in [0.25, 0.3) is 0 Å². The van der Waals surface area contributed by atoms with Crippen LogP contribution in [-0.4, -0.2) is 35.0 Å². The van der Waals surface area contributed by atoms with Gasteiger partial charge in [0.1, 0.15) is 11.9 Å². The molecular formula is C20H22N2O2S2. The molecular weight excluding hydrogens is 364 g/mol. The van der Waals surface area contributed by atoms with Crippen molar-refractivity contribution in [3.05, 3.63) is 59.7 Å². The molecule has 1 aliphatic heterocycles. The molecule has 2 aromatic rings. The van der Waals surface area contributed by atoms with Crippen molar-refractivity contribution in [3.63, 3.8) is 0 Å². The number of ether oxygens (including phenoxy) is 1. The third-order valence-corrected chi connectivity index (χ3v) is 6.21. The van der Waals surface area contributed by atoms with Gasteiger partial charge >= 0.3 is 0 Å². The number of nitrogens with zero attached hydrogens (tertiary/aromatic N) is 1. The number of carbonyl (C=O) groups excluding carboxylic acids is 1. The molecule has 0 spiro atoms. The number of benzene rings is 2. The molecule has 6 heteroatoms. The molecule has 0 saturated carbocycles. The summed E-state index contributed by atoms with van der Waals surface area (Å²) in [6.45, 7) is 3.92. The highest BCUT2D eigenvalue weighted by Crippen LogP contribution is 2.24. The Labute approximate surface area is 162 Å². The molecule has 1 heterocycles. The van der Waals surface area contributed by atoms with Gasteiger partial charge in [0.05, 0.1) is 11.5 Å². The third kappa shape index (κ3) is 5.54. The van der Waals surface area contributed by atoms with Gasteiger partial charge in [-0.2, -0.15) is 16.9 Å². The lowest BCUT2D eigenvalue weighted by Gasteiger charge is -2.25. The Kier molecular flexibility index (Phi) is 6.63. The Bertz CT molecular complexity index is 756. The second-order valence-electron chi connectivity index (χ2n) is 6.15. The fraction of sp³-hybridized carbons (Fsp3) is 0.300. The van der Waals surface area contributed by atoms with Crippen molar-refractivity contribution in [1.82, 2.24) is 5.43 Å². The summed E-state index contributed by atoms with van der Waals surface area (Å²) >= 11 is 3.41. The van der Waals surface area contributed by atoms with Gasteiger partial charge in [-0.05, 0) is 55.8 Å². The minimum Gasteiger partial charge on any atom is -0.489 e. The highest BCUT2D eigenvalue weighted by molar-refractivity contribution is 8.00. The molecule has 136 valence electrons. The maximum absolute atomic E-state index is 12.2. The number of hydrogen-bond acceptors (Lipinski definition) is 5. The van der Waals surface area contributed by atoms with Crippen molar-refractivity contribution in [2.75, 3.05) is 11.5 Å². The van der Waals surface area contributed by atoms with Gasteiger partial charge in [-0.25, -0.2) is 5.43 Å². The minimum atomic E-state index is -0.217. The summed E-state index contributed by atoms with van der Waals surface area (Å²) in [5.41, 5.74) is 4.73. The molecule has 0 unspecified atom stereocenters. The Balaban J connectivity index is 1.45. The highest BCUT2D eigenvalue weighted by Gasteiger charge is 2.19. The number of thioether (sulfide) groups is 2. The van der Waals surface area contributed by atoms with Crippen LogP contribution in [0.1, 0.15) is 18.1 Å². The molecule has 1 fully saturated rings. The number of hydrazone groups is 1. The summed E-state index contributed by atoms with van der Waals surface area (Å²) in [7, 11) is 0. The van der Waals surface area contributed by atoms with E-state index in [1.807, 2.05) is 74.1 Å². The molecule has 1 amide bonds. The van der Waals surface area contributed by atoms with Gasteiger partial charge in [0.2, 0.25) is 0 Å². The number of nitrogens with one attached hydrogen (secondary N) is 1. The number of amides is 1. The molecule has 26 heavy (non-hydrogen) atoms. The minimum absolute atomic E-state index is 0.116. The van der Waals surface area contributed by atoms with Crippen molar-refractivity contribution >= 4 is 35.6 Å². The van der Waals surface area contributed by atoms with Crippen LogP contribution in [0.5, 0.6) is 5.75 Å². The van der Waals surface area contributed by atoms with Crippen LogP contribution in [0.4, 0.5) is 0 Å². The quantitative estimate of drug-likeness (QED) is 0.442. The van der Waals surface area contributed by atoms with Crippen LogP contribution in [0.15, 0.2) is 58.5 Å². The molecule has 1 saturated heterocycles. The van der Waals surface area contributed by atoms with E-state index in [-0.39, 0.29) is 11.2 Å². The predicted molar refractivity (Wildman–Crippen MR) is 110 cm³/mol. The molecule has 2 aromatic carbocycles. The third-order valence-electron chi connectivity index (χ3n) is 3.88. The standard InChI is InChI=1S/C20H22N2O2S2/c1-14-3-9-19(10-4-14)26-15(2)20(23)22-21-11-16-5-7-17(8-6-16)24-18-12-25-13-18/h3-11,15,18H,12-13H2,1-2H3,(H,22,23)/b21-11-/t15-/m1/s1. The first-order valence-electron chi connectivity index (χ1n) is 8.51. The average Bonchev–Trinajstić information content (AvgIpc) is 2.61. The second-order valence-corrected chi connectivity index (χ2v) is 8.64. The molecule has 0 aromatic heterocycles. The zero-order valence-corrected chi connectivity index (χ0v) is 16.5. The summed E-state index contributed by atoms with van der Waals surface area (Å²) in [5.74, 6) is 2.89. The lowest BCUT2D eigenvalue weighted by molar-refractivity contribution is -0.120. The summed E-state index contributed by atoms with van der Waals surface area (Å²) < 4.78 is 5.81. The van der Waals surface area contributed by atoms with Crippen LogP contribution in [-0.2, 0) is 4.79 Å². The number of hydrogen-bond donors (Lipinski definition) is 1. The van der Waals surface area contributed by atoms with E-state index in [1.165, 1.54) is 17.3 Å². The van der Waals surface area contributed by atoms with Crippen LogP contribution >= 0.6 is 23.5 Å². The van der Waals surface area contributed by atoms with E-state index in [0.717, 1.165) is 27.7 Å². The zero-order valence-electron chi connectivity index (χ0n) is 14.8. The number of rotatable bonds is 7. The zero-order chi connectivity index (χ0) is 18.4. The normalized spacial score (nSPS) is 15.5. The van der Waals surface area contributed by atoms with Gasteiger partial charge in [-0.1, -0.05) is 17.7 Å². The van der Waals surface area contributed by atoms with E-state index in [4.69, 9.17) is 4.74 Å². The molecule has 0 bridgehead atoms. The number of aryl methyl sites for hydroxylation is 1. The van der Waals surface area contributed by atoms with Crippen LogP contribution in [0.2, 0.25) is 0 Å². The largest absolute Gasteiger partial charge is 0.489 e. The Morgan fingerprint density at radius 3 is 2.54 bits per heavy atom. The first kappa shape index (κ1) is 18.9. The topological polar surface area (TPSA) is 50.7 Å². The van der Waals surface area contributed by atoms with Gasteiger partial charge in [0.25, 0.3) is 5.91 Å². The molecule has 0 radical (unpaired) electrons. The van der Waals surface area contributed by atoms with E-state index in [1.54, 1.807) is 6.21 Å². The van der Waals surface area contributed by atoms with E-state index in [2.05, 4.69) is 10.5 Å². The predicted octanol–water partition coefficient (Wildman–Crippen LogP) is 4.12. The van der Waals surface area contributed by atoms with Crippen LogP contribution < -0.4 is 10.2 Å². The molecule has 4 nitrogen and oxygen atoms in total. The lowest BCUT2D eigenvalue weighted by atomic mass is 10.2. The van der Waals surface area contributed by atoms with E-state index < -0.39 is 0 Å². The maximum Gasteiger partial charge on any atom is 0.253 e. The first-order valence-corrected chi connectivity index (χ1v) is 10.5. The van der Waals surface area contributed by atoms with E-state index in [0.29, 0.717) is 6.10 Å². The SMILES string of the molecule is Cc1ccc(S[C@H](C)C(=O)N/N=C\c2ccc(OC3CSC3)cc2)cc1. The van der Waals surface area contributed by atoms with Gasteiger partial charge in [0, 0.05) is 16.4 Å². The Morgan fingerprint density at radius 2 is 1.92 bits per heavy atom.